The van der Waals surface area contributed by atoms with Crippen molar-refractivity contribution < 1.29 is 18.7 Å². The second-order valence-corrected chi connectivity index (χ2v) is 7.22. The van der Waals surface area contributed by atoms with E-state index in [0.717, 1.165) is 5.69 Å². The van der Waals surface area contributed by atoms with Crippen LogP contribution >= 0.6 is 0 Å². The fourth-order valence-corrected chi connectivity index (χ4v) is 2.75. The van der Waals surface area contributed by atoms with Crippen molar-refractivity contribution in [2.24, 2.45) is 0 Å². The molecule has 0 amide bonds. The van der Waals surface area contributed by atoms with Gasteiger partial charge in [0.05, 0.1) is 11.2 Å². The summed E-state index contributed by atoms with van der Waals surface area (Å²) in [4.78, 5) is 12.7. The van der Waals surface area contributed by atoms with Crippen LogP contribution in [-0.4, -0.2) is 23.3 Å². The van der Waals surface area contributed by atoms with Crippen molar-refractivity contribution in [1.82, 2.24) is 4.57 Å². The smallest absolute Gasteiger partial charge is 0.419 e. The fraction of sp³-hybridized carbons (Fsp3) is 0.286. The molecule has 3 rings (SSSR count). The molecule has 5 nitrogen and oxygen atoms in total. The van der Waals surface area contributed by atoms with Crippen molar-refractivity contribution in [3.05, 3.63) is 60.0 Å². The summed E-state index contributed by atoms with van der Waals surface area (Å²) in [6.45, 7) is 5.55. The first-order valence-corrected chi connectivity index (χ1v) is 8.71. The minimum Gasteiger partial charge on any atom is -0.487 e. The molecule has 27 heavy (non-hydrogen) atoms. The van der Waals surface area contributed by atoms with Crippen LogP contribution in [0.1, 0.15) is 26.5 Å². The van der Waals surface area contributed by atoms with Crippen molar-refractivity contribution >= 4 is 22.7 Å². The van der Waals surface area contributed by atoms with Gasteiger partial charge in [-0.15, -0.1) is 0 Å². The maximum atomic E-state index is 13.6. The molecule has 0 saturated heterocycles. The molecule has 1 N–H and O–H groups in total. The number of nitrogens with zero attached hydrogens (tertiary/aromatic N) is 1. The van der Waals surface area contributed by atoms with E-state index in [1.165, 1.54) is 16.7 Å². The van der Waals surface area contributed by atoms with Gasteiger partial charge in [-0.05, 0) is 69.3 Å². The molecule has 0 bridgehead atoms. The minimum absolute atomic E-state index is 0.147. The molecule has 0 atom stereocenters. The summed E-state index contributed by atoms with van der Waals surface area (Å²) in [6.07, 6.45) is -0.520. The normalized spacial score (nSPS) is 11.4. The number of anilines is 1. The molecular formula is C21H23FN2O3. The maximum Gasteiger partial charge on any atom is 0.419 e. The van der Waals surface area contributed by atoms with Gasteiger partial charge in [0.25, 0.3) is 0 Å². The number of benzene rings is 2. The standard InChI is InChI=1S/C21H23FN2O3/c1-21(2,3)27-20(25)24-17(12-14-11-15(22)5-10-19(14)24)13-26-18-8-6-16(23-4)7-9-18/h5-12,23H,13H2,1-4H3. The van der Waals surface area contributed by atoms with Gasteiger partial charge in [-0.3, -0.25) is 0 Å². The maximum absolute atomic E-state index is 13.6. The van der Waals surface area contributed by atoms with E-state index in [1.807, 2.05) is 31.3 Å². The largest absolute Gasteiger partial charge is 0.487 e. The van der Waals surface area contributed by atoms with Gasteiger partial charge in [0, 0.05) is 18.1 Å². The Balaban J connectivity index is 1.92. The summed E-state index contributed by atoms with van der Waals surface area (Å²) in [5.41, 5.74) is 1.49. The first-order valence-electron chi connectivity index (χ1n) is 8.71. The van der Waals surface area contributed by atoms with Crippen LogP contribution in [0, 0.1) is 5.82 Å². The van der Waals surface area contributed by atoms with E-state index >= 15 is 0 Å². The highest BCUT2D eigenvalue weighted by molar-refractivity contribution is 5.91. The molecule has 1 heterocycles. The van der Waals surface area contributed by atoms with Crippen LogP contribution in [0.25, 0.3) is 10.9 Å². The second kappa shape index (κ2) is 7.31. The van der Waals surface area contributed by atoms with E-state index in [0.29, 0.717) is 22.3 Å². The Morgan fingerprint density at radius 3 is 2.44 bits per heavy atom. The summed E-state index contributed by atoms with van der Waals surface area (Å²) in [5, 5.41) is 3.66. The van der Waals surface area contributed by atoms with E-state index < -0.39 is 11.7 Å². The van der Waals surface area contributed by atoms with Crippen LogP contribution in [0.15, 0.2) is 48.5 Å². The highest BCUT2D eigenvalue weighted by atomic mass is 19.1. The third-order valence-corrected chi connectivity index (χ3v) is 3.95. The molecule has 0 spiro atoms. The second-order valence-electron chi connectivity index (χ2n) is 7.22. The molecule has 0 aliphatic rings. The average Bonchev–Trinajstić information content (AvgIpc) is 2.96. The number of fused-ring (bicyclic) bond motifs is 1. The van der Waals surface area contributed by atoms with Crippen LogP contribution in [-0.2, 0) is 11.3 Å². The van der Waals surface area contributed by atoms with Gasteiger partial charge in [-0.1, -0.05) is 0 Å². The third kappa shape index (κ3) is 4.39. The number of nitrogens with one attached hydrogen (secondary N) is 1. The van der Waals surface area contributed by atoms with Crippen LogP contribution in [0.5, 0.6) is 5.75 Å². The number of rotatable bonds is 4. The first-order chi connectivity index (χ1) is 12.8. The Hall–Kier alpha value is -3.02. The number of hydrogen-bond donors (Lipinski definition) is 1. The quantitative estimate of drug-likeness (QED) is 0.687. The molecule has 142 valence electrons. The van der Waals surface area contributed by atoms with E-state index in [1.54, 1.807) is 32.9 Å². The number of hydrogen-bond acceptors (Lipinski definition) is 4. The monoisotopic (exact) mass is 370 g/mol. The predicted octanol–water partition coefficient (Wildman–Crippen LogP) is 5.18. The van der Waals surface area contributed by atoms with Gasteiger partial charge in [0.15, 0.2) is 0 Å². The van der Waals surface area contributed by atoms with Gasteiger partial charge in [-0.2, -0.15) is 0 Å². The Morgan fingerprint density at radius 2 is 1.81 bits per heavy atom. The van der Waals surface area contributed by atoms with E-state index in [4.69, 9.17) is 9.47 Å². The van der Waals surface area contributed by atoms with Crippen LogP contribution < -0.4 is 10.1 Å². The Morgan fingerprint density at radius 1 is 1.11 bits per heavy atom. The number of carbonyl (C=O) groups excluding carboxylic acids is 1. The molecule has 0 unspecified atom stereocenters. The van der Waals surface area contributed by atoms with Crippen molar-refractivity contribution in [3.63, 3.8) is 0 Å². The number of carbonyl (C=O) groups is 1. The number of ether oxygens (including phenoxy) is 2. The molecule has 6 heteroatoms. The topological polar surface area (TPSA) is 52.5 Å². The van der Waals surface area contributed by atoms with Crippen molar-refractivity contribution in [1.29, 1.82) is 0 Å². The highest BCUT2D eigenvalue weighted by Gasteiger charge is 2.22. The minimum atomic E-state index is -0.644. The van der Waals surface area contributed by atoms with Crippen LogP contribution in [0.3, 0.4) is 0 Å². The Bertz CT molecular complexity index is 956. The predicted molar refractivity (Wildman–Crippen MR) is 104 cm³/mol. The molecule has 0 radical (unpaired) electrons. The van der Waals surface area contributed by atoms with Gasteiger partial charge in [-0.25, -0.2) is 13.8 Å². The van der Waals surface area contributed by atoms with E-state index in [-0.39, 0.29) is 12.4 Å². The molecular weight excluding hydrogens is 347 g/mol. The van der Waals surface area contributed by atoms with Gasteiger partial charge < -0.3 is 14.8 Å². The lowest BCUT2D eigenvalue weighted by Crippen LogP contribution is -2.28. The summed E-state index contributed by atoms with van der Waals surface area (Å²) < 4.78 is 26.4. The SMILES string of the molecule is CNc1ccc(OCc2cc3cc(F)ccc3n2C(=O)OC(C)(C)C)cc1. The average molecular weight is 370 g/mol. The molecule has 0 saturated carbocycles. The van der Waals surface area contributed by atoms with Gasteiger partial charge >= 0.3 is 6.09 Å². The Kier molecular flexibility index (Phi) is 5.08. The molecule has 3 aromatic rings. The van der Waals surface area contributed by atoms with Crippen LogP contribution in [0.2, 0.25) is 0 Å². The number of aromatic nitrogens is 1. The fourth-order valence-electron chi connectivity index (χ4n) is 2.75. The zero-order chi connectivity index (χ0) is 19.6. The lowest BCUT2D eigenvalue weighted by atomic mass is 10.2. The highest BCUT2D eigenvalue weighted by Crippen LogP contribution is 2.24. The summed E-state index contributed by atoms with van der Waals surface area (Å²) in [5.74, 6) is 0.306. The lowest BCUT2D eigenvalue weighted by molar-refractivity contribution is 0.0535. The van der Waals surface area contributed by atoms with Crippen LogP contribution in [0.4, 0.5) is 14.9 Å². The molecule has 2 aromatic carbocycles. The molecule has 0 aliphatic carbocycles. The Labute approximate surface area is 157 Å². The third-order valence-electron chi connectivity index (χ3n) is 3.95. The molecule has 0 aliphatic heterocycles. The zero-order valence-electron chi connectivity index (χ0n) is 15.9. The van der Waals surface area contributed by atoms with E-state index in [9.17, 15) is 9.18 Å². The zero-order valence-corrected chi connectivity index (χ0v) is 15.9. The van der Waals surface area contributed by atoms with Gasteiger partial charge in [0.2, 0.25) is 0 Å². The summed E-state index contributed by atoms with van der Waals surface area (Å²) in [7, 11) is 1.84. The van der Waals surface area contributed by atoms with Crippen molar-refractivity contribution in [2.45, 2.75) is 33.0 Å². The summed E-state index contributed by atoms with van der Waals surface area (Å²) in [6, 6.07) is 13.5. The van der Waals surface area contributed by atoms with Crippen molar-refractivity contribution in [3.8, 4) is 5.75 Å². The molecule has 0 fully saturated rings. The lowest BCUT2D eigenvalue weighted by Gasteiger charge is -2.21. The summed E-state index contributed by atoms with van der Waals surface area (Å²) >= 11 is 0. The first kappa shape index (κ1) is 18.8. The van der Waals surface area contributed by atoms with E-state index in [2.05, 4.69) is 5.32 Å². The van der Waals surface area contributed by atoms with Crippen molar-refractivity contribution in [2.75, 3.05) is 12.4 Å². The molecule has 1 aromatic heterocycles. The van der Waals surface area contributed by atoms with Gasteiger partial charge in [0.1, 0.15) is 23.8 Å². The number of halogens is 1.